The normalized spacial score (nSPS) is 10.8. The van der Waals surface area contributed by atoms with Gasteiger partial charge >= 0.3 is 0 Å². The van der Waals surface area contributed by atoms with E-state index in [4.69, 9.17) is 4.74 Å². The number of H-pyrrole nitrogens is 1. The number of thiazole rings is 1. The van der Waals surface area contributed by atoms with E-state index in [0.717, 1.165) is 33.5 Å². The Hall–Kier alpha value is -3.12. The minimum Gasteiger partial charge on any atom is -0.497 e. The number of rotatable bonds is 5. The summed E-state index contributed by atoms with van der Waals surface area (Å²) in [5.41, 5.74) is 3.83. The molecule has 26 heavy (non-hydrogen) atoms. The predicted molar refractivity (Wildman–Crippen MR) is 105 cm³/mol. The second-order valence-corrected chi connectivity index (χ2v) is 6.71. The lowest BCUT2D eigenvalue weighted by Gasteiger charge is -2.02. The van der Waals surface area contributed by atoms with Crippen molar-refractivity contribution in [2.45, 2.75) is 6.42 Å². The average molecular weight is 363 g/mol. The summed E-state index contributed by atoms with van der Waals surface area (Å²) < 4.78 is 5.17. The molecule has 0 saturated heterocycles. The summed E-state index contributed by atoms with van der Waals surface area (Å²) in [6.45, 7) is 0. The summed E-state index contributed by atoms with van der Waals surface area (Å²) in [5.74, 6) is 0.724. The van der Waals surface area contributed by atoms with Crippen molar-refractivity contribution < 1.29 is 9.53 Å². The molecule has 4 aromatic rings. The number of methoxy groups -OCH3 is 1. The number of aromatic nitrogens is 2. The number of nitrogens with one attached hydrogen (secondary N) is 2. The molecular weight excluding hydrogens is 346 g/mol. The monoisotopic (exact) mass is 363 g/mol. The van der Waals surface area contributed by atoms with Crippen LogP contribution in [0.2, 0.25) is 0 Å². The molecule has 0 bridgehead atoms. The molecule has 0 aliphatic carbocycles. The zero-order valence-corrected chi connectivity index (χ0v) is 15.0. The smallest absolute Gasteiger partial charge is 0.230 e. The van der Waals surface area contributed by atoms with Gasteiger partial charge in [-0.15, -0.1) is 11.3 Å². The van der Waals surface area contributed by atoms with Gasteiger partial charge in [0.2, 0.25) is 5.91 Å². The molecule has 2 heterocycles. The lowest BCUT2D eigenvalue weighted by molar-refractivity contribution is -0.115. The molecule has 6 heteroatoms. The van der Waals surface area contributed by atoms with E-state index in [-0.39, 0.29) is 5.91 Å². The minimum atomic E-state index is -0.0783. The van der Waals surface area contributed by atoms with Crippen LogP contribution in [0.15, 0.2) is 60.1 Å². The topological polar surface area (TPSA) is 67.0 Å². The summed E-state index contributed by atoms with van der Waals surface area (Å²) in [6, 6.07) is 15.6. The van der Waals surface area contributed by atoms with Crippen molar-refractivity contribution in [2.75, 3.05) is 12.4 Å². The van der Waals surface area contributed by atoms with Gasteiger partial charge in [-0.3, -0.25) is 4.79 Å². The molecule has 0 saturated carbocycles. The van der Waals surface area contributed by atoms with E-state index < -0.39 is 0 Å². The number of hydrogen-bond acceptors (Lipinski definition) is 4. The highest BCUT2D eigenvalue weighted by molar-refractivity contribution is 7.14. The fourth-order valence-corrected chi connectivity index (χ4v) is 3.58. The van der Waals surface area contributed by atoms with Crippen molar-refractivity contribution in [1.82, 2.24) is 9.97 Å². The zero-order chi connectivity index (χ0) is 17.9. The molecule has 2 N–H and O–H groups in total. The van der Waals surface area contributed by atoms with Crippen LogP contribution in [0.25, 0.3) is 22.2 Å². The third kappa shape index (κ3) is 3.32. The number of aromatic amines is 1. The van der Waals surface area contributed by atoms with Gasteiger partial charge < -0.3 is 15.0 Å². The molecule has 0 aliphatic heterocycles. The van der Waals surface area contributed by atoms with Crippen LogP contribution < -0.4 is 10.1 Å². The van der Waals surface area contributed by atoms with Gasteiger partial charge in [-0.1, -0.05) is 18.2 Å². The van der Waals surface area contributed by atoms with Crippen LogP contribution in [-0.2, 0) is 11.2 Å². The molecule has 1 amide bonds. The second-order valence-electron chi connectivity index (χ2n) is 5.85. The number of carbonyl (C=O) groups excluding carboxylic acids is 1. The van der Waals surface area contributed by atoms with Crippen LogP contribution in [0, 0.1) is 0 Å². The van der Waals surface area contributed by atoms with Crippen molar-refractivity contribution in [2.24, 2.45) is 0 Å². The maximum Gasteiger partial charge on any atom is 0.230 e. The highest BCUT2D eigenvalue weighted by atomic mass is 32.1. The van der Waals surface area contributed by atoms with Gasteiger partial charge in [0.1, 0.15) is 5.75 Å². The number of nitrogens with zero attached hydrogens (tertiary/aromatic N) is 1. The first kappa shape index (κ1) is 16.4. The van der Waals surface area contributed by atoms with E-state index in [9.17, 15) is 4.79 Å². The number of benzene rings is 2. The Kier molecular flexibility index (Phi) is 4.41. The Morgan fingerprint density at radius 3 is 2.81 bits per heavy atom. The first-order chi connectivity index (χ1) is 12.7. The summed E-state index contributed by atoms with van der Waals surface area (Å²) in [5, 5.41) is 6.49. The molecule has 0 aliphatic rings. The van der Waals surface area contributed by atoms with Crippen molar-refractivity contribution in [3.63, 3.8) is 0 Å². The Balaban J connectivity index is 1.45. The Morgan fingerprint density at radius 2 is 2.00 bits per heavy atom. The number of fused-ring (bicyclic) bond motifs is 1. The molecule has 4 rings (SSSR count). The second kappa shape index (κ2) is 7.01. The van der Waals surface area contributed by atoms with Crippen molar-refractivity contribution in [3.05, 3.63) is 65.7 Å². The molecule has 0 fully saturated rings. The van der Waals surface area contributed by atoms with E-state index in [1.807, 2.05) is 60.1 Å². The number of para-hydroxylation sites is 1. The van der Waals surface area contributed by atoms with Crippen LogP contribution in [0.3, 0.4) is 0 Å². The first-order valence-corrected chi connectivity index (χ1v) is 9.06. The lowest BCUT2D eigenvalue weighted by Crippen LogP contribution is -2.13. The first-order valence-electron chi connectivity index (χ1n) is 8.18. The third-order valence-electron chi connectivity index (χ3n) is 4.16. The van der Waals surface area contributed by atoms with E-state index in [2.05, 4.69) is 15.3 Å². The van der Waals surface area contributed by atoms with Gasteiger partial charge in [0.25, 0.3) is 0 Å². The largest absolute Gasteiger partial charge is 0.497 e. The molecule has 2 aromatic heterocycles. The quantitative estimate of drug-likeness (QED) is 0.549. The number of hydrogen-bond donors (Lipinski definition) is 2. The molecule has 0 atom stereocenters. The van der Waals surface area contributed by atoms with Gasteiger partial charge in [-0.2, -0.15) is 0 Å². The lowest BCUT2D eigenvalue weighted by atomic mass is 10.1. The van der Waals surface area contributed by atoms with Gasteiger partial charge in [0, 0.05) is 28.0 Å². The van der Waals surface area contributed by atoms with Gasteiger partial charge in [0.15, 0.2) is 5.13 Å². The molecular formula is C20H17N3O2S. The number of anilines is 1. The fraction of sp³-hybridized carbons (Fsp3) is 0.100. The highest BCUT2D eigenvalue weighted by Crippen LogP contribution is 2.27. The van der Waals surface area contributed by atoms with Gasteiger partial charge in [-0.05, 0) is 35.9 Å². The summed E-state index contributed by atoms with van der Waals surface area (Å²) in [6.07, 6.45) is 2.19. The zero-order valence-electron chi connectivity index (χ0n) is 14.2. The van der Waals surface area contributed by atoms with Crippen LogP contribution in [0.5, 0.6) is 5.75 Å². The van der Waals surface area contributed by atoms with E-state index in [1.165, 1.54) is 11.3 Å². The highest BCUT2D eigenvalue weighted by Gasteiger charge is 2.11. The summed E-state index contributed by atoms with van der Waals surface area (Å²) in [4.78, 5) is 20.1. The Labute approximate surface area is 154 Å². The third-order valence-corrected chi connectivity index (χ3v) is 4.92. The number of carbonyl (C=O) groups is 1. The SMILES string of the molecule is COc1ccc(-c2csc(NC(=O)Cc3c[nH]c4ccccc34)n2)cc1. The predicted octanol–water partition coefficient (Wildman–Crippen LogP) is 4.48. The molecule has 130 valence electrons. The standard InChI is InChI=1S/C20H17N3O2S/c1-25-15-8-6-13(7-9-15)18-12-26-20(22-18)23-19(24)10-14-11-21-17-5-3-2-4-16(14)17/h2-9,11-12,21H,10H2,1H3,(H,22,23,24). The van der Waals surface area contributed by atoms with E-state index in [0.29, 0.717) is 11.6 Å². The average Bonchev–Trinajstić information content (AvgIpc) is 3.29. The van der Waals surface area contributed by atoms with Gasteiger partial charge in [-0.25, -0.2) is 4.98 Å². The molecule has 2 aromatic carbocycles. The maximum atomic E-state index is 12.4. The van der Waals surface area contributed by atoms with Crippen LogP contribution >= 0.6 is 11.3 Å². The van der Waals surface area contributed by atoms with Crippen LogP contribution in [0.4, 0.5) is 5.13 Å². The molecule has 0 radical (unpaired) electrons. The maximum absolute atomic E-state index is 12.4. The number of ether oxygens (including phenoxy) is 1. The summed E-state index contributed by atoms with van der Waals surface area (Å²) >= 11 is 1.42. The molecule has 5 nitrogen and oxygen atoms in total. The molecule has 0 spiro atoms. The molecule has 0 unspecified atom stereocenters. The van der Waals surface area contributed by atoms with Crippen molar-refractivity contribution >= 4 is 33.3 Å². The van der Waals surface area contributed by atoms with E-state index in [1.54, 1.807) is 7.11 Å². The number of amides is 1. The minimum absolute atomic E-state index is 0.0783. The van der Waals surface area contributed by atoms with Gasteiger partial charge in [0.05, 0.1) is 19.2 Å². The van der Waals surface area contributed by atoms with Crippen LogP contribution in [0.1, 0.15) is 5.56 Å². The van der Waals surface area contributed by atoms with Crippen LogP contribution in [-0.4, -0.2) is 23.0 Å². The Bertz CT molecular complexity index is 1050. The Morgan fingerprint density at radius 1 is 1.19 bits per heavy atom. The van der Waals surface area contributed by atoms with Crippen molar-refractivity contribution in [1.29, 1.82) is 0 Å². The fourth-order valence-electron chi connectivity index (χ4n) is 2.84. The van der Waals surface area contributed by atoms with Crippen molar-refractivity contribution in [3.8, 4) is 17.0 Å². The van der Waals surface area contributed by atoms with E-state index >= 15 is 0 Å². The summed E-state index contributed by atoms with van der Waals surface area (Å²) in [7, 11) is 1.64.